The zero-order chi connectivity index (χ0) is 11.6. The number of phenolic OH excluding ortho intramolecular Hbond substituents is 1. The van der Waals surface area contributed by atoms with Crippen LogP contribution in [-0.2, 0) is 10.2 Å². The first-order valence-corrected chi connectivity index (χ1v) is 5.46. The molecule has 0 heterocycles. The molecule has 0 fully saturated rings. The second-order valence-electron chi connectivity index (χ2n) is 3.05. The van der Waals surface area contributed by atoms with Gasteiger partial charge in [-0.3, -0.25) is 4.72 Å². The van der Waals surface area contributed by atoms with E-state index in [1.165, 1.54) is 20.2 Å². The SMILES string of the molecule is CN(C)S(=O)(=O)Nc1ccc(O)cc1F. The van der Waals surface area contributed by atoms with Crippen molar-refractivity contribution >= 4 is 15.9 Å². The molecule has 84 valence electrons. The Morgan fingerprint density at radius 1 is 1.40 bits per heavy atom. The second kappa shape index (κ2) is 4.03. The summed E-state index contributed by atoms with van der Waals surface area (Å²) in [6, 6.07) is 3.16. The van der Waals surface area contributed by atoms with Crippen molar-refractivity contribution in [1.29, 1.82) is 0 Å². The second-order valence-corrected chi connectivity index (χ2v) is 4.94. The Bertz CT molecular complexity index is 459. The first-order chi connectivity index (χ1) is 6.83. The molecule has 0 spiro atoms. The quantitative estimate of drug-likeness (QED) is 0.758. The van der Waals surface area contributed by atoms with E-state index in [4.69, 9.17) is 5.11 Å². The van der Waals surface area contributed by atoms with E-state index >= 15 is 0 Å². The van der Waals surface area contributed by atoms with Gasteiger partial charge in [0.05, 0.1) is 5.69 Å². The maximum atomic E-state index is 13.1. The molecule has 0 saturated heterocycles. The summed E-state index contributed by atoms with van der Waals surface area (Å²) in [6.07, 6.45) is 0. The highest BCUT2D eigenvalue weighted by molar-refractivity contribution is 7.90. The summed E-state index contributed by atoms with van der Waals surface area (Å²) in [5.41, 5.74) is -0.207. The zero-order valence-electron chi connectivity index (χ0n) is 8.23. The van der Waals surface area contributed by atoms with Gasteiger partial charge in [-0.05, 0) is 12.1 Å². The fourth-order valence-corrected chi connectivity index (χ4v) is 1.44. The van der Waals surface area contributed by atoms with Crippen LogP contribution in [0.25, 0.3) is 0 Å². The molecule has 0 bridgehead atoms. The van der Waals surface area contributed by atoms with Crippen molar-refractivity contribution in [3.8, 4) is 5.75 Å². The number of rotatable bonds is 3. The number of benzene rings is 1. The number of halogens is 1. The van der Waals surface area contributed by atoms with E-state index in [1.54, 1.807) is 0 Å². The van der Waals surface area contributed by atoms with Gasteiger partial charge in [-0.15, -0.1) is 0 Å². The highest BCUT2D eigenvalue weighted by Gasteiger charge is 2.15. The molecule has 0 aliphatic heterocycles. The Labute approximate surface area is 87.3 Å². The maximum Gasteiger partial charge on any atom is 0.301 e. The molecule has 2 N–H and O–H groups in total. The van der Waals surface area contributed by atoms with Crippen molar-refractivity contribution in [3.63, 3.8) is 0 Å². The van der Waals surface area contributed by atoms with Crippen LogP contribution in [0.3, 0.4) is 0 Å². The third-order valence-corrected chi connectivity index (χ3v) is 3.11. The normalized spacial score (nSPS) is 11.7. The van der Waals surface area contributed by atoms with Gasteiger partial charge in [0.15, 0.2) is 5.82 Å². The zero-order valence-corrected chi connectivity index (χ0v) is 9.05. The van der Waals surface area contributed by atoms with E-state index in [1.807, 2.05) is 4.72 Å². The van der Waals surface area contributed by atoms with Crippen LogP contribution < -0.4 is 4.72 Å². The van der Waals surface area contributed by atoms with Gasteiger partial charge >= 0.3 is 10.2 Å². The molecular formula is C8H11FN2O3S. The molecule has 0 amide bonds. The number of nitrogens with zero attached hydrogens (tertiary/aromatic N) is 1. The topological polar surface area (TPSA) is 69.6 Å². The van der Waals surface area contributed by atoms with Gasteiger partial charge in [0.25, 0.3) is 0 Å². The van der Waals surface area contributed by atoms with Gasteiger partial charge in [0.1, 0.15) is 5.75 Å². The van der Waals surface area contributed by atoms with E-state index < -0.39 is 16.0 Å². The van der Waals surface area contributed by atoms with E-state index in [0.717, 1.165) is 16.4 Å². The molecule has 7 heteroatoms. The molecule has 1 aromatic rings. The molecule has 0 unspecified atom stereocenters. The fourth-order valence-electron chi connectivity index (χ4n) is 0.817. The van der Waals surface area contributed by atoms with Crippen LogP contribution >= 0.6 is 0 Å². The molecule has 1 aromatic carbocycles. The van der Waals surface area contributed by atoms with E-state index in [2.05, 4.69) is 0 Å². The summed E-state index contributed by atoms with van der Waals surface area (Å²) >= 11 is 0. The lowest BCUT2D eigenvalue weighted by atomic mass is 10.3. The highest BCUT2D eigenvalue weighted by atomic mass is 32.2. The maximum absolute atomic E-state index is 13.1. The van der Waals surface area contributed by atoms with Crippen molar-refractivity contribution in [1.82, 2.24) is 4.31 Å². The van der Waals surface area contributed by atoms with Gasteiger partial charge in [-0.2, -0.15) is 12.7 Å². The molecule has 0 aromatic heterocycles. The predicted molar refractivity (Wildman–Crippen MR) is 54.3 cm³/mol. The Morgan fingerprint density at radius 2 is 2.00 bits per heavy atom. The number of anilines is 1. The number of phenols is 1. The number of hydrogen-bond donors (Lipinski definition) is 2. The lowest BCUT2D eigenvalue weighted by Gasteiger charge is -2.13. The van der Waals surface area contributed by atoms with Crippen LogP contribution in [0, 0.1) is 5.82 Å². The van der Waals surface area contributed by atoms with Crippen molar-refractivity contribution in [2.45, 2.75) is 0 Å². The minimum Gasteiger partial charge on any atom is -0.508 e. The predicted octanol–water partition coefficient (Wildman–Crippen LogP) is 0.750. The van der Waals surface area contributed by atoms with Crippen LogP contribution in [0.15, 0.2) is 18.2 Å². The Hall–Kier alpha value is -1.34. The van der Waals surface area contributed by atoms with Gasteiger partial charge in [0.2, 0.25) is 0 Å². The van der Waals surface area contributed by atoms with Crippen molar-refractivity contribution < 1.29 is 17.9 Å². The fraction of sp³-hybridized carbons (Fsp3) is 0.250. The first-order valence-electron chi connectivity index (χ1n) is 4.02. The lowest BCUT2D eigenvalue weighted by Crippen LogP contribution is -2.29. The molecule has 0 radical (unpaired) electrons. The minimum atomic E-state index is -3.72. The number of aromatic hydroxyl groups is 1. The van der Waals surface area contributed by atoms with Gasteiger partial charge < -0.3 is 5.11 Å². The van der Waals surface area contributed by atoms with E-state index in [0.29, 0.717) is 0 Å². The molecule has 0 aliphatic rings. The molecule has 0 atom stereocenters. The monoisotopic (exact) mass is 234 g/mol. The summed E-state index contributed by atoms with van der Waals surface area (Å²) in [4.78, 5) is 0. The summed E-state index contributed by atoms with van der Waals surface area (Å²) in [7, 11) is -1.08. The van der Waals surface area contributed by atoms with Crippen LogP contribution in [0.1, 0.15) is 0 Å². The van der Waals surface area contributed by atoms with Crippen LogP contribution in [0.5, 0.6) is 5.75 Å². The summed E-state index contributed by atoms with van der Waals surface area (Å²) < 4.78 is 38.7. The highest BCUT2D eigenvalue weighted by Crippen LogP contribution is 2.20. The Balaban J connectivity index is 3.01. The molecular weight excluding hydrogens is 223 g/mol. The summed E-state index contributed by atoms with van der Waals surface area (Å²) in [5, 5.41) is 8.92. The standard InChI is InChI=1S/C8H11FN2O3S/c1-11(2)15(13,14)10-8-4-3-6(12)5-7(8)9/h3-5,10,12H,1-2H3. The van der Waals surface area contributed by atoms with Gasteiger partial charge in [-0.1, -0.05) is 0 Å². The van der Waals surface area contributed by atoms with E-state index in [-0.39, 0.29) is 11.4 Å². The Kier molecular flexibility index (Phi) is 3.15. The number of hydrogen-bond acceptors (Lipinski definition) is 3. The molecule has 15 heavy (non-hydrogen) atoms. The van der Waals surface area contributed by atoms with Crippen LogP contribution in [-0.4, -0.2) is 31.9 Å². The van der Waals surface area contributed by atoms with Crippen molar-refractivity contribution in [2.75, 3.05) is 18.8 Å². The Morgan fingerprint density at radius 3 is 2.47 bits per heavy atom. The summed E-state index contributed by atoms with van der Waals surface area (Å²) in [6.45, 7) is 0. The average Bonchev–Trinajstić information content (AvgIpc) is 2.09. The molecule has 1 rings (SSSR count). The van der Waals surface area contributed by atoms with E-state index in [9.17, 15) is 12.8 Å². The molecule has 0 saturated carbocycles. The van der Waals surface area contributed by atoms with Crippen LogP contribution in [0.4, 0.5) is 10.1 Å². The third-order valence-electron chi connectivity index (χ3n) is 1.67. The number of nitrogens with one attached hydrogen (secondary N) is 1. The smallest absolute Gasteiger partial charge is 0.301 e. The van der Waals surface area contributed by atoms with Gasteiger partial charge in [0, 0.05) is 20.2 Å². The third kappa shape index (κ3) is 2.80. The summed E-state index contributed by atoms with van der Waals surface area (Å²) in [5.74, 6) is -1.10. The molecule has 0 aliphatic carbocycles. The van der Waals surface area contributed by atoms with Crippen molar-refractivity contribution in [3.05, 3.63) is 24.0 Å². The minimum absolute atomic E-state index is 0.207. The first kappa shape index (κ1) is 11.7. The molecule has 5 nitrogen and oxygen atoms in total. The largest absolute Gasteiger partial charge is 0.508 e. The lowest BCUT2D eigenvalue weighted by molar-refractivity contribution is 0.469. The van der Waals surface area contributed by atoms with Gasteiger partial charge in [-0.25, -0.2) is 4.39 Å². The van der Waals surface area contributed by atoms with Crippen molar-refractivity contribution in [2.24, 2.45) is 0 Å². The van der Waals surface area contributed by atoms with Crippen LogP contribution in [0.2, 0.25) is 0 Å². The average molecular weight is 234 g/mol.